The molecule has 1 unspecified atom stereocenters. The molecule has 0 heterocycles. The third-order valence-electron chi connectivity index (χ3n) is 2.27. The number of benzene rings is 1. The number of carbonyl (C=O) groups is 1. The molecule has 1 aromatic rings. The highest BCUT2D eigenvalue weighted by Gasteiger charge is 2.07. The lowest BCUT2D eigenvalue weighted by Gasteiger charge is -2.08. The third-order valence-corrected chi connectivity index (χ3v) is 2.27. The zero-order valence-electron chi connectivity index (χ0n) is 8.80. The molecule has 14 heavy (non-hydrogen) atoms. The molecule has 0 aliphatic carbocycles. The second-order valence-corrected chi connectivity index (χ2v) is 3.68. The van der Waals surface area contributed by atoms with Crippen LogP contribution in [-0.4, -0.2) is 5.78 Å². The van der Waals surface area contributed by atoms with Crippen LogP contribution in [0.1, 0.15) is 36.7 Å². The van der Waals surface area contributed by atoms with Gasteiger partial charge in [-0.25, -0.2) is 4.39 Å². The summed E-state index contributed by atoms with van der Waals surface area (Å²) < 4.78 is 13.0. The summed E-state index contributed by atoms with van der Waals surface area (Å²) >= 11 is 0. The van der Waals surface area contributed by atoms with E-state index in [0.29, 0.717) is 12.0 Å². The van der Waals surface area contributed by atoms with Crippen molar-refractivity contribution < 1.29 is 9.18 Å². The van der Waals surface area contributed by atoms with Gasteiger partial charge in [-0.1, -0.05) is 18.2 Å². The number of ketones is 1. The Morgan fingerprint density at radius 3 is 2.64 bits per heavy atom. The number of hydrogen-bond acceptors (Lipinski definition) is 1. The van der Waals surface area contributed by atoms with Crippen molar-refractivity contribution >= 4 is 5.78 Å². The average molecular weight is 194 g/mol. The fraction of sp³-hybridized carbons (Fsp3) is 0.417. The van der Waals surface area contributed by atoms with Crippen LogP contribution in [0.15, 0.2) is 18.2 Å². The van der Waals surface area contributed by atoms with Crippen LogP contribution in [-0.2, 0) is 11.2 Å². The lowest BCUT2D eigenvalue weighted by Crippen LogP contribution is -2.00. The first kappa shape index (κ1) is 10.9. The molecule has 1 atom stereocenters. The van der Waals surface area contributed by atoms with Crippen LogP contribution in [0.25, 0.3) is 0 Å². The first-order valence-electron chi connectivity index (χ1n) is 4.73. The fourth-order valence-corrected chi connectivity index (χ4v) is 1.40. The second-order valence-electron chi connectivity index (χ2n) is 3.68. The highest BCUT2D eigenvalue weighted by atomic mass is 19.1. The van der Waals surface area contributed by atoms with Gasteiger partial charge < -0.3 is 0 Å². The van der Waals surface area contributed by atoms with Gasteiger partial charge in [-0.15, -0.1) is 0 Å². The maximum absolute atomic E-state index is 13.0. The van der Waals surface area contributed by atoms with Gasteiger partial charge in [-0.3, -0.25) is 4.79 Å². The summed E-state index contributed by atoms with van der Waals surface area (Å²) in [5, 5.41) is 0. The quantitative estimate of drug-likeness (QED) is 0.722. The molecule has 0 amide bonds. The second kappa shape index (κ2) is 4.36. The molecule has 0 spiro atoms. The van der Waals surface area contributed by atoms with Crippen molar-refractivity contribution in [2.75, 3.05) is 0 Å². The molecule has 0 N–H and O–H groups in total. The summed E-state index contributed by atoms with van der Waals surface area (Å²) in [6, 6.07) is 5.41. The van der Waals surface area contributed by atoms with Crippen LogP contribution in [0, 0.1) is 6.92 Å². The number of carbonyl (C=O) groups excluding carboxylic acids is 1. The molecule has 76 valence electrons. The van der Waals surface area contributed by atoms with Crippen LogP contribution in [0.2, 0.25) is 0 Å². The Morgan fingerprint density at radius 1 is 1.50 bits per heavy atom. The van der Waals surface area contributed by atoms with Crippen molar-refractivity contribution in [1.29, 1.82) is 0 Å². The Morgan fingerprint density at radius 2 is 2.14 bits per heavy atom. The van der Waals surface area contributed by atoms with Gasteiger partial charge in [0.25, 0.3) is 0 Å². The van der Waals surface area contributed by atoms with E-state index in [1.165, 1.54) is 6.92 Å². The first-order valence-corrected chi connectivity index (χ1v) is 4.73. The Hall–Kier alpha value is -1.18. The van der Waals surface area contributed by atoms with Crippen LogP contribution < -0.4 is 0 Å². The summed E-state index contributed by atoms with van der Waals surface area (Å²) in [4.78, 5) is 11.0. The standard InChI is InChI=1S/C12H15FO/c1-8-4-5-11(10(3)13)7-12(8)6-9(2)14/h4-5,7,10H,6H2,1-3H3. The van der Waals surface area contributed by atoms with Crippen LogP contribution in [0.4, 0.5) is 4.39 Å². The van der Waals surface area contributed by atoms with E-state index < -0.39 is 6.17 Å². The predicted molar refractivity (Wildman–Crippen MR) is 55.1 cm³/mol. The maximum atomic E-state index is 13.0. The molecule has 0 aliphatic heterocycles. The molecule has 0 fully saturated rings. The summed E-state index contributed by atoms with van der Waals surface area (Å²) in [5.74, 6) is 0.108. The molecule has 1 rings (SSSR count). The van der Waals surface area contributed by atoms with Crippen LogP contribution >= 0.6 is 0 Å². The maximum Gasteiger partial charge on any atom is 0.134 e. The zero-order chi connectivity index (χ0) is 10.7. The number of hydrogen-bond donors (Lipinski definition) is 0. The van der Waals surface area contributed by atoms with E-state index in [9.17, 15) is 9.18 Å². The lowest BCUT2D eigenvalue weighted by atomic mass is 9.99. The van der Waals surface area contributed by atoms with E-state index in [2.05, 4.69) is 0 Å². The molecule has 0 aromatic heterocycles. The largest absolute Gasteiger partial charge is 0.300 e. The minimum absolute atomic E-state index is 0.108. The minimum Gasteiger partial charge on any atom is -0.300 e. The van der Waals surface area contributed by atoms with E-state index in [-0.39, 0.29) is 5.78 Å². The van der Waals surface area contributed by atoms with Crippen molar-refractivity contribution in [2.24, 2.45) is 0 Å². The molecule has 1 nitrogen and oxygen atoms in total. The van der Waals surface area contributed by atoms with E-state index in [0.717, 1.165) is 11.1 Å². The van der Waals surface area contributed by atoms with Gasteiger partial charge in [-0.2, -0.15) is 0 Å². The molecule has 1 aromatic carbocycles. The molecule has 0 aliphatic rings. The number of Topliss-reactive ketones (excluding diaryl/α,β-unsaturated/α-hetero) is 1. The smallest absolute Gasteiger partial charge is 0.134 e. The SMILES string of the molecule is CC(=O)Cc1cc(C(C)F)ccc1C. The lowest BCUT2D eigenvalue weighted by molar-refractivity contribution is -0.116. The molecule has 2 heteroatoms. The van der Waals surface area contributed by atoms with E-state index in [4.69, 9.17) is 0 Å². The monoisotopic (exact) mass is 194 g/mol. The van der Waals surface area contributed by atoms with Gasteiger partial charge in [-0.05, 0) is 37.5 Å². The van der Waals surface area contributed by atoms with Crippen molar-refractivity contribution in [2.45, 2.75) is 33.4 Å². The van der Waals surface area contributed by atoms with Gasteiger partial charge in [0.15, 0.2) is 0 Å². The fourth-order valence-electron chi connectivity index (χ4n) is 1.40. The average Bonchev–Trinajstić information content (AvgIpc) is 2.07. The zero-order valence-corrected chi connectivity index (χ0v) is 8.80. The number of alkyl halides is 1. The molecular weight excluding hydrogens is 179 g/mol. The summed E-state index contributed by atoms with van der Waals surface area (Å²) in [7, 11) is 0. The predicted octanol–water partition coefficient (Wildman–Crippen LogP) is 3.16. The van der Waals surface area contributed by atoms with Gasteiger partial charge in [0.2, 0.25) is 0 Å². The van der Waals surface area contributed by atoms with Gasteiger partial charge in [0, 0.05) is 6.42 Å². The number of aryl methyl sites for hydroxylation is 1. The highest BCUT2D eigenvalue weighted by Crippen LogP contribution is 2.20. The molecule has 0 bridgehead atoms. The van der Waals surface area contributed by atoms with Gasteiger partial charge >= 0.3 is 0 Å². The van der Waals surface area contributed by atoms with E-state index >= 15 is 0 Å². The Labute approximate surface area is 83.9 Å². The molecule has 0 radical (unpaired) electrons. The Kier molecular flexibility index (Phi) is 3.39. The Balaban J connectivity index is 3.02. The van der Waals surface area contributed by atoms with E-state index in [1.54, 1.807) is 19.1 Å². The summed E-state index contributed by atoms with van der Waals surface area (Å²) in [6.07, 6.45) is -0.576. The van der Waals surface area contributed by atoms with Crippen molar-refractivity contribution in [3.05, 3.63) is 34.9 Å². The van der Waals surface area contributed by atoms with Gasteiger partial charge in [0.05, 0.1) is 0 Å². The van der Waals surface area contributed by atoms with Crippen LogP contribution in [0.5, 0.6) is 0 Å². The Bertz CT molecular complexity index is 342. The van der Waals surface area contributed by atoms with Crippen molar-refractivity contribution in [3.63, 3.8) is 0 Å². The summed E-state index contributed by atoms with van der Waals surface area (Å²) in [6.45, 7) is 4.98. The third kappa shape index (κ3) is 2.66. The first-order chi connectivity index (χ1) is 6.50. The van der Waals surface area contributed by atoms with Crippen molar-refractivity contribution in [1.82, 2.24) is 0 Å². The normalized spacial score (nSPS) is 12.6. The number of halogens is 1. The van der Waals surface area contributed by atoms with Gasteiger partial charge in [0.1, 0.15) is 12.0 Å². The highest BCUT2D eigenvalue weighted by molar-refractivity contribution is 5.78. The van der Waals surface area contributed by atoms with E-state index in [1.807, 2.05) is 13.0 Å². The molecular formula is C12H15FO. The number of rotatable bonds is 3. The van der Waals surface area contributed by atoms with Crippen LogP contribution in [0.3, 0.4) is 0 Å². The molecule has 0 saturated carbocycles. The molecule has 0 saturated heterocycles. The van der Waals surface area contributed by atoms with Crippen molar-refractivity contribution in [3.8, 4) is 0 Å². The summed E-state index contributed by atoms with van der Waals surface area (Å²) in [5.41, 5.74) is 2.62. The minimum atomic E-state index is -0.971. The topological polar surface area (TPSA) is 17.1 Å².